The van der Waals surface area contributed by atoms with Crippen LogP contribution in [0.5, 0.6) is 0 Å². The lowest BCUT2D eigenvalue weighted by atomic mass is 9.85. The van der Waals surface area contributed by atoms with Gasteiger partial charge in [-0.3, -0.25) is 4.79 Å². The number of benzene rings is 1. The largest absolute Gasteiger partial charge is 0.340 e. The molecule has 2 rings (SSSR count). The first-order valence-electron chi connectivity index (χ1n) is 8.47. The van der Waals surface area contributed by atoms with Crippen molar-refractivity contribution < 1.29 is 4.79 Å². The summed E-state index contributed by atoms with van der Waals surface area (Å²) in [5.41, 5.74) is 2.89. The summed E-state index contributed by atoms with van der Waals surface area (Å²) < 4.78 is 0. The van der Waals surface area contributed by atoms with E-state index in [1.807, 2.05) is 4.90 Å². The maximum atomic E-state index is 12.2. The van der Waals surface area contributed by atoms with E-state index in [4.69, 9.17) is 0 Å². The lowest BCUT2D eigenvalue weighted by molar-refractivity contribution is -0.131. The van der Waals surface area contributed by atoms with Gasteiger partial charge in [0.25, 0.3) is 0 Å². The number of hydrogen-bond donors (Lipinski definition) is 1. The SMILES string of the molecule is CC(CCC(=O)N1CCNCC1)c1ccc(C(C)(C)C)cc1. The molecule has 1 aromatic rings. The summed E-state index contributed by atoms with van der Waals surface area (Å²) in [5.74, 6) is 0.737. The van der Waals surface area contributed by atoms with E-state index in [0.717, 1.165) is 32.6 Å². The highest BCUT2D eigenvalue weighted by Gasteiger charge is 2.18. The first kappa shape index (κ1) is 17.0. The van der Waals surface area contributed by atoms with E-state index in [1.54, 1.807) is 0 Å². The summed E-state index contributed by atoms with van der Waals surface area (Å²) in [6.07, 6.45) is 1.58. The molecule has 0 saturated carbocycles. The summed E-state index contributed by atoms with van der Waals surface area (Å²) in [6.45, 7) is 12.5. The number of hydrogen-bond acceptors (Lipinski definition) is 2. The van der Waals surface area contributed by atoms with Crippen LogP contribution in [0.2, 0.25) is 0 Å². The van der Waals surface area contributed by atoms with Gasteiger partial charge in [0.2, 0.25) is 5.91 Å². The predicted octanol–water partition coefficient (Wildman–Crippen LogP) is 3.30. The molecule has 0 spiro atoms. The second-order valence-corrected chi connectivity index (χ2v) is 7.44. The maximum Gasteiger partial charge on any atom is 0.222 e. The molecule has 122 valence electrons. The maximum absolute atomic E-state index is 12.2. The molecule has 1 heterocycles. The normalized spacial score (nSPS) is 17.4. The van der Waals surface area contributed by atoms with Crippen molar-refractivity contribution in [1.29, 1.82) is 0 Å². The first-order chi connectivity index (χ1) is 10.4. The zero-order chi connectivity index (χ0) is 16.2. The Morgan fingerprint density at radius 2 is 1.77 bits per heavy atom. The number of nitrogens with zero attached hydrogens (tertiary/aromatic N) is 1. The van der Waals surface area contributed by atoms with Gasteiger partial charge in [0.05, 0.1) is 0 Å². The van der Waals surface area contributed by atoms with Crippen molar-refractivity contribution in [3.63, 3.8) is 0 Å². The lowest BCUT2D eigenvalue weighted by Gasteiger charge is -2.28. The van der Waals surface area contributed by atoms with Gasteiger partial charge in [-0.05, 0) is 28.9 Å². The molecule has 1 saturated heterocycles. The molecular formula is C19H30N2O. The van der Waals surface area contributed by atoms with Crippen molar-refractivity contribution in [3.05, 3.63) is 35.4 Å². The van der Waals surface area contributed by atoms with Crippen LogP contribution < -0.4 is 5.32 Å². The highest BCUT2D eigenvalue weighted by atomic mass is 16.2. The minimum Gasteiger partial charge on any atom is -0.340 e. The van der Waals surface area contributed by atoms with E-state index in [9.17, 15) is 4.79 Å². The molecule has 1 aliphatic heterocycles. The number of rotatable bonds is 4. The summed E-state index contributed by atoms with van der Waals surface area (Å²) >= 11 is 0. The molecule has 22 heavy (non-hydrogen) atoms. The third-order valence-electron chi connectivity index (χ3n) is 4.61. The average molecular weight is 302 g/mol. The van der Waals surface area contributed by atoms with Crippen molar-refractivity contribution in [2.24, 2.45) is 0 Å². The molecule has 0 bridgehead atoms. The predicted molar refractivity (Wildman–Crippen MR) is 92.2 cm³/mol. The summed E-state index contributed by atoms with van der Waals surface area (Å²) in [5, 5.41) is 3.28. The average Bonchev–Trinajstić information content (AvgIpc) is 2.52. The molecule has 0 aliphatic carbocycles. The molecule has 1 aromatic carbocycles. The molecule has 1 N–H and O–H groups in total. The van der Waals surface area contributed by atoms with Crippen LogP contribution >= 0.6 is 0 Å². The Morgan fingerprint density at radius 1 is 1.18 bits per heavy atom. The van der Waals surface area contributed by atoms with Gasteiger partial charge < -0.3 is 10.2 Å². The smallest absolute Gasteiger partial charge is 0.222 e. The van der Waals surface area contributed by atoms with Gasteiger partial charge in [-0.25, -0.2) is 0 Å². The van der Waals surface area contributed by atoms with Crippen LogP contribution in [0.25, 0.3) is 0 Å². The van der Waals surface area contributed by atoms with Gasteiger partial charge in [-0.2, -0.15) is 0 Å². The topological polar surface area (TPSA) is 32.3 Å². The van der Waals surface area contributed by atoms with Crippen LogP contribution in [0.1, 0.15) is 57.6 Å². The van der Waals surface area contributed by atoms with Crippen LogP contribution in [0.15, 0.2) is 24.3 Å². The van der Waals surface area contributed by atoms with Crippen molar-refractivity contribution in [1.82, 2.24) is 10.2 Å². The van der Waals surface area contributed by atoms with E-state index in [2.05, 4.69) is 57.3 Å². The number of piperazine rings is 1. The fourth-order valence-electron chi connectivity index (χ4n) is 2.89. The Kier molecular flexibility index (Phi) is 5.63. The van der Waals surface area contributed by atoms with Gasteiger partial charge in [0.1, 0.15) is 0 Å². The molecule has 1 unspecified atom stereocenters. The molecule has 0 radical (unpaired) electrons. The fourth-order valence-corrected chi connectivity index (χ4v) is 2.89. The molecule has 0 aromatic heterocycles. The standard InChI is InChI=1S/C19H30N2O/c1-15(5-10-18(22)21-13-11-20-12-14-21)16-6-8-17(9-7-16)19(2,3)4/h6-9,15,20H,5,10-14H2,1-4H3. The van der Waals surface area contributed by atoms with Crippen molar-refractivity contribution in [3.8, 4) is 0 Å². The molecule has 1 aliphatic rings. The number of amides is 1. The van der Waals surface area contributed by atoms with Crippen LogP contribution in [-0.2, 0) is 10.2 Å². The van der Waals surface area contributed by atoms with Gasteiger partial charge in [-0.15, -0.1) is 0 Å². The Hall–Kier alpha value is -1.35. The van der Waals surface area contributed by atoms with E-state index in [0.29, 0.717) is 18.2 Å². The Morgan fingerprint density at radius 3 is 2.32 bits per heavy atom. The Bertz CT molecular complexity index is 481. The lowest BCUT2D eigenvalue weighted by Crippen LogP contribution is -2.46. The van der Waals surface area contributed by atoms with Crippen molar-refractivity contribution in [2.75, 3.05) is 26.2 Å². The minimum absolute atomic E-state index is 0.194. The molecule has 1 fully saturated rings. The first-order valence-corrected chi connectivity index (χ1v) is 8.47. The van der Waals surface area contributed by atoms with Gasteiger partial charge in [-0.1, -0.05) is 52.0 Å². The van der Waals surface area contributed by atoms with E-state index >= 15 is 0 Å². The van der Waals surface area contributed by atoms with Crippen molar-refractivity contribution in [2.45, 2.75) is 51.9 Å². The molecule has 1 amide bonds. The summed E-state index contributed by atoms with van der Waals surface area (Å²) in [4.78, 5) is 14.2. The Balaban J connectivity index is 1.86. The molecule has 3 heteroatoms. The Labute approximate surface area is 135 Å². The van der Waals surface area contributed by atoms with E-state index in [1.165, 1.54) is 11.1 Å². The zero-order valence-electron chi connectivity index (χ0n) is 14.5. The van der Waals surface area contributed by atoms with Gasteiger partial charge in [0, 0.05) is 32.6 Å². The third-order valence-corrected chi connectivity index (χ3v) is 4.61. The van der Waals surface area contributed by atoms with Crippen molar-refractivity contribution >= 4 is 5.91 Å². The number of carbonyl (C=O) groups excluding carboxylic acids is 1. The fraction of sp³-hybridized carbons (Fsp3) is 0.632. The summed E-state index contributed by atoms with van der Waals surface area (Å²) in [7, 11) is 0. The second kappa shape index (κ2) is 7.28. The quantitative estimate of drug-likeness (QED) is 0.925. The monoisotopic (exact) mass is 302 g/mol. The van der Waals surface area contributed by atoms with Gasteiger partial charge in [0.15, 0.2) is 0 Å². The number of carbonyl (C=O) groups is 1. The van der Waals surface area contributed by atoms with Crippen LogP contribution in [0.3, 0.4) is 0 Å². The van der Waals surface area contributed by atoms with E-state index < -0.39 is 0 Å². The van der Waals surface area contributed by atoms with Crippen LogP contribution in [0, 0.1) is 0 Å². The molecule has 3 nitrogen and oxygen atoms in total. The molecular weight excluding hydrogens is 272 g/mol. The highest BCUT2D eigenvalue weighted by Crippen LogP contribution is 2.26. The zero-order valence-corrected chi connectivity index (χ0v) is 14.5. The molecule has 1 atom stereocenters. The highest BCUT2D eigenvalue weighted by molar-refractivity contribution is 5.76. The number of nitrogens with one attached hydrogen (secondary N) is 1. The third kappa shape index (κ3) is 4.57. The van der Waals surface area contributed by atoms with Crippen LogP contribution in [-0.4, -0.2) is 37.0 Å². The summed E-state index contributed by atoms with van der Waals surface area (Å²) in [6, 6.07) is 8.90. The van der Waals surface area contributed by atoms with Gasteiger partial charge >= 0.3 is 0 Å². The second-order valence-electron chi connectivity index (χ2n) is 7.44. The minimum atomic E-state index is 0.194. The van der Waals surface area contributed by atoms with Crippen LogP contribution in [0.4, 0.5) is 0 Å². The van der Waals surface area contributed by atoms with E-state index in [-0.39, 0.29) is 5.41 Å².